The van der Waals surface area contributed by atoms with E-state index in [0.29, 0.717) is 29.5 Å². The molecule has 0 aliphatic heterocycles. The zero-order chi connectivity index (χ0) is 31.4. The molecule has 3 atom stereocenters. The summed E-state index contributed by atoms with van der Waals surface area (Å²) in [5.74, 6) is 0.382. The lowest BCUT2D eigenvalue weighted by atomic mass is 9.48. The minimum Gasteiger partial charge on any atom is -0.462 e. The fourth-order valence-corrected chi connectivity index (χ4v) is 11.0. The van der Waals surface area contributed by atoms with Gasteiger partial charge in [-0.15, -0.1) is 0 Å². The van der Waals surface area contributed by atoms with Crippen LogP contribution in [-0.4, -0.2) is 31.0 Å². The van der Waals surface area contributed by atoms with E-state index in [1.165, 1.54) is 34.4 Å². The fraction of sp³-hybridized carbons (Fsp3) is 0.368. The van der Waals surface area contributed by atoms with Crippen molar-refractivity contribution < 1.29 is 32.0 Å². The molecule has 0 aromatic heterocycles. The molecule has 0 saturated heterocycles. The van der Waals surface area contributed by atoms with Crippen LogP contribution >= 0.6 is 0 Å². The first-order valence-corrected chi connectivity index (χ1v) is 17.7. The van der Waals surface area contributed by atoms with Crippen molar-refractivity contribution in [2.45, 2.75) is 61.4 Å². The van der Waals surface area contributed by atoms with Gasteiger partial charge >= 0.3 is 11.9 Å². The molecule has 4 saturated carbocycles. The van der Waals surface area contributed by atoms with Crippen molar-refractivity contribution in [1.82, 2.24) is 0 Å². The monoisotopic (exact) mass is 634 g/mol. The van der Waals surface area contributed by atoms with Crippen LogP contribution in [0.15, 0.2) is 89.8 Å². The van der Waals surface area contributed by atoms with Crippen LogP contribution < -0.4 is 4.74 Å². The predicted molar refractivity (Wildman–Crippen MR) is 170 cm³/mol. The molecule has 1 N–H and O–H groups in total. The number of hydrogen-bond donors (Lipinski definition) is 1. The Morgan fingerprint density at radius 1 is 0.717 bits per heavy atom. The van der Waals surface area contributed by atoms with Crippen molar-refractivity contribution in [3.8, 4) is 5.75 Å². The molecule has 7 aliphatic rings. The van der Waals surface area contributed by atoms with Crippen molar-refractivity contribution in [2.75, 3.05) is 0 Å². The van der Waals surface area contributed by atoms with Gasteiger partial charge in [-0.2, -0.15) is 8.42 Å². The van der Waals surface area contributed by atoms with Gasteiger partial charge in [0.05, 0.1) is 11.3 Å². The summed E-state index contributed by atoms with van der Waals surface area (Å²) in [6.45, 7) is 0. The zero-order valence-corrected chi connectivity index (χ0v) is 26.0. The summed E-state index contributed by atoms with van der Waals surface area (Å²) in [5.41, 5.74) is 4.47. The van der Waals surface area contributed by atoms with Crippen LogP contribution in [0.3, 0.4) is 0 Å². The van der Waals surface area contributed by atoms with Crippen molar-refractivity contribution in [1.29, 1.82) is 0 Å². The third-order valence-corrected chi connectivity index (χ3v) is 12.7. The summed E-state index contributed by atoms with van der Waals surface area (Å²) in [5, 5.41) is 0.752. The van der Waals surface area contributed by atoms with Gasteiger partial charge in [-0.05, 0) is 90.7 Å². The highest BCUT2D eigenvalue weighted by atomic mass is 32.2. The number of carbonyl (C=O) groups is 2. The summed E-state index contributed by atoms with van der Waals surface area (Å²) < 4.78 is 46.3. The Morgan fingerprint density at radius 3 is 1.93 bits per heavy atom. The second-order valence-electron chi connectivity index (χ2n) is 14.3. The fourth-order valence-electron chi connectivity index (χ4n) is 10.3. The Hall–Kier alpha value is -4.01. The second kappa shape index (κ2) is 9.99. The number of ether oxygens (including phenoxy) is 2. The molecule has 7 aliphatic carbocycles. The van der Waals surface area contributed by atoms with Gasteiger partial charge in [0.15, 0.2) is 0 Å². The molecule has 4 aromatic rings. The first-order chi connectivity index (χ1) is 22.2. The molecule has 3 unspecified atom stereocenters. The lowest BCUT2D eigenvalue weighted by Gasteiger charge is -2.58. The molecule has 7 nitrogen and oxygen atoms in total. The Balaban J connectivity index is 0.963. The van der Waals surface area contributed by atoms with Crippen LogP contribution in [0, 0.1) is 29.1 Å². The Labute approximate surface area is 267 Å². The van der Waals surface area contributed by atoms with Crippen LogP contribution in [0.4, 0.5) is 0 Å². The van der Waals surface area contributed by atoms with Gasteiger partial charge < -0.3 is 9.47 Å². The summed E-state index contributed by atoms with van der Waals surface area (Å²) in [6.07, 6.45) is 4.41. The maximum atomic E-state index is 14.1. The lowest BCUT2D eigenvalue weighted by molar-refractivity contribution is -0.194. The third kappa shape index (κ3) is 4.15. The average molecular weight is 635 g/mol. The summed E-state index contributed by atoms with van der Waals surface area (Å²) >= 11 is 0. The Bertz CT molecular complexity index is 1990. The molecule has 4 fully saturated rings. The highest BCUT2D eigenvalue weighted by Gasteiger charge is 2.61. The summed E-state index contributed by atoms with van der Waals surface area (Å²) in [4.78, 5) is 27.9. The first kappa shape index (κ1) is 28.2. The summed E-state index contributed by atoms with van der Waals surface area (Å²) in [7, 11) is -4.45. The summed E-state index contributed by atoms with van der Waals surface area (Å²) in [6, 6.07) is 26.5. The van der Waals surface area contributed by atoms with E-state index in [1.54, 1.807) is 24.3 Å². The molecule has 0 heterocycles. The first-order valence-electron chi connectivity index (χ1n) is 16.3. The van der Waals surface area contributed by atoms with Crippen LogP contribution in [0.25, 0.3) is 10.8 Å². The molecule has 6 bridgehead atoms. The van der Waals surface area contributed by atoms with Gasteiger partial charge in [-0.1, -0.05) is 72.8 Å². The number of esters is 2. The molecule has 4 aromatic carbocycles. The standard InChI is InChI=1S/C38H34O7S/c39-36(31-17-30-24-7-1-5-11-28(24)34(31)29-12-6-2-8-25(29)30)45-35-22-15-21-16-23(35)20-38(18-21,19-22)37(40)44-32-13-14-33(46(41,42)43)27-10-4-3-9-26(27)32/h1-14,21-23,30-31,34-35H,15-20H2,(H,41,42,43). The molecule has 46 heavy (non-hydrogen) atoms. The lowest BCUT2D eigenvalue weighted by Crippen LogP contribution is -2.58. The van der Waals surface area contributed by atoms with Gasteiger partial charge in [0.25, 0.3) is 10.1 Å². The zero-order valence-electron chi connectivity index (χ0n) is 25.2. The van der Waals surface area contributed by atoms with E-state index in [9.17, 15) is 22.6 Å². The topological polar surface area (TPSA) is 107 Å². The van der Waals surface area contributed by atoms with Gasteiger partial charge in [-0.3, -0.25) is 14.1 Å². The molecular weight excluding hydrogens is 600 g/mol. The van der Waals surface area contributed by atoms with Gasteiger partial charge in [0.2, 0.25) is 0 Å². The maximum absolute atomic E-state index is 14.1. The number of fused-ring (bicyclic) bond motifs is 2. The number of benzene rings is 4. The van der Waals surface area contributed by atoms with Crippen molar-refractivity contribution >= 4 is 32.8 Å². The minimum absolute atomic E-state index is 0.00918. The molecule has 8 heteroatoms. The molecule has 0 radical (unpaired) electrons. The third-order valence-electron chi connectivity index (χ3n) is 11.8. The minimum atomic E-state index is -4.45. The van der Waals surface area contributed by atoms with E-state index in [4.69, 9.17) is 9.47 Å². The van der Waals surface area contributed by atoms with Crippen LogP contribution in [0.1, 0.15) is 72.6 Å². The molecular formula is C38H34O7S. The average Bonchev–Trinajstić information content (AvgIpc) is 3.05. The number of rotatable bonds is 5. The van der Waals surface area contributed by atoms with Crippen molar-refractivity contribution in [3.63, 3.8) is 0 Å². The smallest absolute Gasteiger partial charge is 0.317 e. The maximum Gasteiger partial charge on any atom is 0.317 e. The normalized spacial score (nSPS) is 31.7. The predicted octanol–water partition coefficient (Wildman–Crippen LogP) is 7.03. The van der Waals surface area contributed by atoms with E-state index < -0.39 is 15.5 Å². The van der Waals surface area contributed by atoms with Gasteiger partial charge in [-0.25, -0.2) is 0 Å². The van der Waals surface area contributed by atoms with E-state index in [2.05, 4.69) is 48.5 Å². The molecule has 0 spiro atoms. The van der Waals surface area contributed by atoms with Crippen molar-refractivity contribution in [2.24, 2.45) is 29.1 Å². The van der Waals surface area contributed by atoms with Crippen molar-refractivity contribution in [3.05, 3.63) is 107 Å². The van der Waals surface area contributed by atoms with Gasteiger partial charge in [0.1, 0.15) is 16.7 Å². The Kier molecular flexibility index (Phi) is 6.13. The van der Waals surface area contributed by atoms with E-state index in [-0.39, 0.29) is 58.3 Å². The van der Waals surface area contributed by atoms with Gasteiger partial charge in [0, 0.05) is 22.6 Å². The molecule has 234 valence electrons. The molecule has 11 rings (SSSR count). The van der Waals surface area contributed by atoms with Crippen LogP contribution in [-0.2, 0) is 24.4 Å². The number of hydrogen-bond acceptors (Lipinski definition) is 6. The van der Waals surface area contributed by atoms with Crippen LogP contribution in [0.5, 0.6) is 5.75 Å². The van der Waals surface area contributed by atoms with E-state index in [1.807, 2.05) is 0 Å². The quantitative estimate of drug-likeness (QED) is 0.143. The molecule has 0 amide bonds. The second-order valence-corrected chi connectivity index (χ2v) is 15.6. The number of carbonyl (C=O) groups excluding carboxylic acids is 2. The SMILES string of the molecule is O=C(OC1C2CC3CC1CC(C(=O)Oc1ccc(S(=O)(=O)O)c4ccccc14)(C3)C2)C1CC2c3ccccc3C1c1ccccc12. The van der Waals surface area contributed by atoms with Crippen LogP contribution in [0.2, 0.25) is 0 Å². The largest absolute Gasteiger partial charge is 0.462 e. The van der Waals surface area contributed by atoms with E-state index in [0.717, 1.165) is 25.7 Å². The Morgan fingerprint density at radius 2 is 1.30 bits per heavy atom. The van der Waals surface area contributed by atoms with E-state index >= 15 is 0 Å². The highest BCUT2D eigenvalue weighted by Crippen LogP contribution is 2.62. The highest BCUT2D eigenvalue weighted by molar-refractivity contribution is 7.86.